The smallest absolute Gasteiger partial charge is 0.410 e. The molecule has 1 aliphatic heterocycles. The number of nitrogens with zero attached hydrogens (tertiary/aromatic N) is 1. The van der Waals surface area contributed by atoms with Crippen molar-refractivity contribution in [1.82, 2.24) is 10.2 Å². The van der Waals surface area contributed by atoms with Crippen LogP contribution in [-0.2, 0) is 4.74 Å². The van der Waals surface area contributed by atoms with E-state index < -0.39 is 5.60 Å². The van der Waals surface area contributed by atoms with Crippen LogP contribution in [0.2, 0.25) is 0 Å². The Labute approximate surface area is 136 Å². The van der Waals surface area contributed by atoms with Gasteiger partial charge in [-0.15, -0.1) is 0 Å². The van der Waals surface area contributed by atoms with Crippen LogP contribution in [0, 0.1) is 0 Å². The summed E-state index contributed by atoms with van der Waals surface area (Å²) in [4.78, 5) is 14.3. The zero-order valence-electron chi connectivity index (χ0n) is 15.2. The second-order valence-electron chi connectivity index (χ2n) is 7.65. The minimum atomic E-state index is -0.424. The Morgan fingerprint density at radius 1 is 1.36 bits per heavy atom. The topological polar surface area (TPSA) is 41.6 Å². The van der Waals surface area contributed by atoms with Crippen LogP contribution in [0.3, 0.4) is 0 Å². The van der Waals surface area contributed by atoms with Crippen molar-refractivity contribution in [2.24, 2.45) is 0 Å². The molecule has 0 bridgehead atoms. The van der Waals surface area contributed by atoms with Crippen molar-refractivity contribution in [2.45, 2.75) is 84.9 Å². The van der Waals surface area contributed by atoms with E-state index in [1.807, 2.05) is 25.7 Å². The highest BCUT2D eigenvalue weighted by molar-refractivity contribution is 5.68. The van der Waals surface area contributed by atoms with Crippen molar-refractivity contribution in [3.8, 4) is 0 Å². The third-order valence-corrected chi connectivity index (χ3v) is 3.86. The molecule has 0 aromatic carbocycles. The van der Waals surface area contributed by atoms with Gasteiger partial charge in [-0.3, -0.25) is 0 Å². The lowest BCUT2D eigenvalue weighted by atomic mass is 9.96. The highest BCUT2D eigenvalue weighted by Crippen LogP contribution is 2.23. The fourth-order valence-corrected chi connectivity index (χ4v) is 2.76. The predicted octanol–water partition coefficient (Wildman–Crippen LogP) is 4.11. The molecule has 0 aliphatic carbocycles. The Balaban J connectivity index is 2.54. The number of rotatable bonds is 5. The number of amides is 1. The molecule has 0 aromatic heterocycles. The average Bonchev–Trinajstić information content (AvgIpc) is 2.36. The number of hydrogen-bond donors (Lipinski definition) is 1. The molecule has 0 radical (unpaired) electrons. The average molecular weight is 310 g/mol. The molecular formula is C18H34N2O2. The molecule has 1 N–H and O–H groups in total. The van der Waals surface area contributed by atoms with Crippen molar-refractivity contribution < 1.29 is 9.53 Å². The first-order valence-electron chi connectivity index (χ1n) is 8.55. The lowest BCUT2D eigenvalue weighted by Crippen LogP contribution is -2.48. The zero-order chi connectivity index (χ0) is 16.8. The minimum Gasteiger partial charge on any atom is -0.444 e. The first-order valence-corrected chi connectivity index (χ1v) is 8.55. The molecule has 1 amide bonds. The van der Waals surface area contributed by atoms with E-state index >= 15 is 0 Å². The summed E-state index contributed by atoms with van der Waals surface area (Å²) in [5.74, 6) is 0. The van der Waals surface area contributed by atoms with Crippen molar-refractivity contribution >= 4 is 6.09 Å². The first kappa shape index (κ1) is 19.0. The molecule has 0 saturated carbocycles. The Morgan fingerprint density at radius 2 is 2.05 bits per heavy atom. The number of carbonyl (C=O) groups is 1. The van der Waals surface area contributed by atoms with E-state index in [4.69, 9.17) is 4.74 Å². The van der Waals surface area contributed by atoms with Gasteiger partial charge in [0.15, 0.2) is 0 Å². The third kappa shape index (κ3) is 7.30. The number of hydrogen-bond acceptors (Lipinski definition) is 3. The Kier molecular flexibility index (Phi) is 7.40. The summed E-state index contributed by atoms with van der Waals surface area (Å²) >= 11 is 0. The fourth-order valence-electron chi connectivity index (χ4n) is 2.76. The summed E-state index contributed by atoms with van der Waals surface area (Å²) in [5, 5.41) is 3.51. The van der Waals surface area contributed by atoms with Crippen molar-refractivity contribution in [3.05, 3.63) is 11.6 Å². The molecule has 1 rings (SSSR count). The van der Waals surface area contributed by atoms with E-state index in [-0.39, 0.29) is 12.1 Å². The number of allylic oxidation sites excluding steroid dienone is 1. The molecule has 1 fully saturated rings. The van der Waals surface area contributed by atoms with E-state index in [2.05, 4.69) is 32.2 Å². The quantitative estimate of drug-likeness (QED) is 0.777. The van der Waals surface area contributed by atoms with Crippen molar-refractivity contribution in [1.29, 1.82) is 0 Å². The van der Waals surface area contributed by atoms with E-state index in [1.54, 1.807) is 0 Å². The summed E-state index contributed by atoms with van der Waals surface area (Å²) in [7, 11) is 0. The third-order valence-electron chi connectivity index (χ3n) is 3.86. The van der Waals surface area contributed by atoms with Gasteiger partial charge in [0.1, 0.15) is 5.60 Å². The highest BCUT2D eigenvalue weighted by atomic mass is 16.6. The van der Waals surface area contributed by atoms with Gasteiger partial charge in [0, 0.05) is 25.2 Å². The van der Waals surface area contributed by atoms with Crippen LogP contribution in [0.15, 0.2) is 11.6 Å². The molecular weight excluding hydrogens is 276 g/mol. The number of likely N-dealkylation sites (tertiary alicyclic amines) is 1. The number of ether oxygens (including phenoxy) is 1. The number of carbonyl (C=O) groups excluding carboxylic acids is 1. The van der Waals surface area contributed by atoms with Gasteiger partial charge in [-0.2, -0.15) is 0 Å². The summed E-state index contributed by atoms with van der Waals surface area (Å²) in [6.45, 7) is 13.9. The van der Waals surface area contributed by atoms with E-state index in [0.717, 1.165) is 32.4 Å². The van der Waals surface area contributed by atoms with Crippen LogP contribution >= 0.6 is 0 Å². The van der Waals surface area contributed by atoms with E-state index in [9.17, 15) is 4.79 Å². The Morgan fingerprint density at radius 3 is 2.64 bits per heavy atom. The van der Waals surface area contributed by atoms with Gasteiger partial charge >= 0.3 is 6.09 Å². The van der Waals surface area contributed by atoms with Crippen molar-refractivity contribution in [3.63, 3.8) is 0 Å². The molecule has 1 saturated heterocycles. The lowest BCUT2D eigenvalue weighted by Gasteiger charge is -2.38. The number of piperidine rings is 1. The molecule has 128 valence electrons. The summed E-state index contributed by atoms with van der Waals surface area (Å²) < 4.78 is 5.56. The maximum atomic E-state index is 12.4. The SMILES string of the molecule is CC(C)=CCNC(C)CC1CCCCN1C(=O)OC(C)(C)C. The largest absolute Gasteiger partial charge is 0.444 e. The molecule has 0 spiro atoms. The zero-order valence-corrected chi connectivity index (χ0v) is 15.2. The van der Waals surface area contributed by atoms with Gasteiger partial charge < -0.3 is 15.0 Å². The highest BCUT2D eigenvalue weighted by Gasteiger charge is 2.31. The van der Waals surface area contributed by atoms with Crippen LogP contribution in [-0.4, -0.2) is 41.8 Å². The molecule has 4 heteroatoms. The van der Waals surface area contributed by atoms with Crippen LogP contribution in [0.4, 0.5) is 4.79 Å². The van der Waals surface area contributed by atoms with Gasteiger partial charge in [-0.1, -0.05) is 11.6 Å². The van der Waals surface area contributed by atoms with Gasteiger partial charge in [-0.05, 0) is 67.2 Å². The van der Waals surface area contributed by atoms with Crippen LogP contribution in [0.25, 0.3) is 0 Å². The fraction of sp³-hybridized carbons (Fsp3) is 0.833. The standard InChI is InChI=1S/C18H34N2O2/c1-14(2)10-11-19-15(3)13-16-9-7-8-12-20(16)17(21)22-18(4,5)6/h10,15-16,19H,7-9,11-13H2,1-6H3. The normalized spacial score (nSPS) is 20.5. The van der Waals surface area contributed by atoms with Gasteiger partial charge in [-0.25, -0.2) is 4.79 Å². The maximum Gasteiger partial charge on any atom is 0.410 e. The van der Waals surface area contributed by atoms with Crippen molar-refractivity contribution in [2.75, 3.05) is 13.1 Å². The molecule has 1 heterocycles. The Bertz CT molecular complexity index is 381. The second kappa shape index (κ2) is 8.56. The second-order valence-corrected chi connectivity index (χ2v) is 7.65. The summed E-state index contributed by atoms with van der Waals surface area (Å²) in [6, 6.07) is 0.682. The first-order chi connectivity index (χ1) is 10.2. The molecule has 4 nitrogen and oxygen atoms in total. The van der Waals surface area contributed by atoms with E-state index in [0.29, 0.717) is 6.04 Å². The summed E-state index contributed by atoms with van der Waals surface area (Å²) in [5.41, 5.74) is 0.902. The predicted molar refractivity (Wildman–Crippen MR) is 92.1 cm³/mol. The van der Waals surface area contributed by atoms with E-state index in [1.165, 1.54) is 12.0 Å². The molecule has 2 unspecified atom stereocenters. The van der Waals surface area contributed by atoms with Gasteiger partial charge in [0.2, 0.25) is 0 Å². The molecule has 0 aromatic rings. The molecule has 1 aliphatic rings. The van der Waals surface area contributed by atoms with Crippen LogP contribution in [0.5, 0.6) is 0 Å². The maximum absolute atomic E-state index is 12.4. The number of nitrogens with one attached hydrogen (secondary N) is 1. The minimum absolute atomic E-state index is 0.159. The van der Waals surface area contributed by atoms with Gasteiger partial charge in [0.05, 0.1) is 0 Å². The van der Waals surface area contributed by atoms with Crippen LogP contribution < -0.4 is 5.32 Å². The van der Waals surface area contributed by atoms with Gasteiger partial charge in [0.25, 0.3) is 0 Å². The monoisotopic (exact) mass is 310 g/mol. The Hall–Kier alpha value is -1.03. The molecule has 22 heavy (non-hydrogen) atoms. The molecule has 2 atom stereocenters. The lowest BCUT2D eigenvalue weighted by molar-refractivity contribution is 0.00795. The summed E-state index contributed by atoms with van der Waals surface area (Å²) in [6.07, 6.45) is 6.38. The van der Waals surface area contributed by atoms with Crippen LogP contribution in [0.1, 0.15) is 67.2 Å².